The molecule has 120 valence electrons. The molecule has 0 spiro atoms. The van der Waals surface area contributed by atoms with E-state index in [-0.39, 0.29) is 17.0 Å². The molecule has 7 nitrogen and oxygen atoms in total. The second kappa shape index (κ2) is 6.04. The van der Waals surface area contributed by atoms with Crippen LogP contribution < -0.4 is 0 Å². The van der Waals surface area contributed by atoms with Crippen molar-refractivity contribution in [3.05, 3.63) is 51.7 Å². The first-order valence-electron chi connectivity index (χ1n) is 6.95. The second-order valence-corrected chi connectivity index (χ2v) is 5.24. The Morgan fingerprint density at radius 1 is 1.30 bits per heavy atom. The Bertz CT molecular complexity index is 807. The van der Waals surface area contributed by atoms with Crippen LogP contribution in [-0.4, -0.2) is 26.3 Å². The van der Waals surface area contributed by atoms with Gasteiger partial charge < -0.3 is 9.67 Å². The first-order chi connectivity index (χ1) is 10.8. The van der Waals surface area contributed by atoms with Crippen molar-refractivity contribution >= 4 is 17.4 Å². The highest BCUT2D eigenvalue weighted by Gasteiger charge is 2.26. The number of rotatable bonds is 5. The number of para-hydroxylation sites is 1. The molecule has 1 aromatic carbocycles. The van der Waals surface area contributed by atoms with E-state index < -0.39 is 16.9 Å². The monoisotopic (exact) mass is 316 g/mol. The molecule has 0 saturated heterocycles. The van der Waals surface area contributed by atoms with E-state index in [2.05, 4.69) is 0 Å². The molecule has 0 saturated carbocycles. The summed E-state index contributed by atoms with van der Waals surface area (Å²) in [6.07, 6.45) is 0. The molecule has 0 aliphatic heterocycles. The molecule has 0 bridgehead atoms. The summed E-state index contributed by atoms with van der Waals surface area (Å²) < 4.78 is 1.45. The van der Waals surface area contributed by atoms with Crippen LogP contribution in [0.4, 0.5) is 5.69 Å². The highest BCUT2D eigenvalue weighted by Crippen LogP contribution is 2.35. The summed E-state index contributed by atoms with van der Waals surface area (Å²) in [6, 6.07) is 6.61. The maximum Gasteiger partial charge on any atom is 0.326 e. The number of benzene rings is 1. The van der Waals surface area contributed by atoms with Gasteiger partial charge in [-0.25, -0.2) is 4.79 Å². The van der Waals surface area contributed by atoms with Gasteiger partial charge in [0.25, 0.3) is 5.69 Å². The molecule has 2 rings (SSSR count). The summed E-state index contributed by atoms with van der Waals surface area (Å²) in [5.41, 5.74) is 1.31. The third-order valence-electron chi connectivity index (χ3n) is 3.79. The van der Waals surface area contributed by atoms with Crippen LogP contribution in [0, 0.1) is 17.0 Å². The second-order valence-electron chi connectivity index (χ2n) is 5.24. The zero-order chi connectivity index (χ0) is 17.3. The van der Waals surface area contributed by atoms with Crippen molar-refractivity contribution in [2.45, 2.75) is 26.8 Å². The smallest absolute Gasteiger partial charge is 0.326 e. The molecule has 2 aromatic rings. The summed E-state index contributed by atoms with van der Waals surface area (Å²) in [7, 11) is 0. The summed E-state index contributed by atoms with van der Waals surface area (Å²) in [4.78, 5) is 33.9. The lowest BCUT2D eigenvalue weighted by atomic mass is 10.1. The van der Waals surface area contributed by atoms with Crippen molar-refractivity contribution in [3.63, 3.8) is 0 Å². The lowest BCUT2D eigenvalue weighted by molar-refractivity contribution is -0.384. The minimum absolute atomic E-state index is 0.140. The van der Waals surface area contributed by atoms with Gasteiger partial charge in [0.15, 0.2) is 5.78 Å². The lowest BCUT2D eigenvalue weighted by Crippen LogP contribution is -2.18. The minimum Gasteiger partial charge on any atom is -0.480 e. The zero-order valence-electron chi connectivity index (χ0n) is 12.9. The third-order valence-corrected chi connectivity index (χ3v) is 3.79. The number of nitrogens with zero attached hydrogens (tertiary/aromatic N) is 2. The van der Waals surface area contributed by atoms with Crippen molar-refractivity contribution < 1.29 is 19.6 Å². The van der Waals surface area contributed by atoms with Gasteiger partial charge in [0.1, 0.15) is 6.04 Å². The Hall–Kier alpha value is -2.96. The Balaban J connectivity index is 2.82. The molecule has 23 heavy (non-hydrogen) atoms. The van der Waals surface area contributed by atoms with E-state index in [4.69, 9.17) is 0 Å². The number of aromatic nitrogens is 1. The molecule has 0 amide bonds. The molecule has 1 aromatic heterocycles. The molecule has 0 aliphatic rings. The number of hydrogen-bond donors (Lipinski definition) is 1. The van der Waals surface area contributed by atoms with Crippen LogP contribution in [0.25, 0.3) is 11.3 Å². The summed E-state index contributed by atoms with van der Waals surface area (Å²) in [5.74, 6) is -1.31. The van der Waals surface area contributed by atoms with Crippen LogP contribution in [0.15, 0.2) is 30.3 Å². The van der Waals surface area contributed by atoms with Crippen molar-refractivity contribution in [2.75, 3.05) is 0 Å². The first kappa shape index (κ1) is 16.4. The highest BCUT2D eigenvalue weighted by atomic mass is 16.6. The fraction of sp³-hybridized carbons (Fsp3) is 0.250. The van der Waals surface area contributed by atoms with Crippen LogP contribution in [0.5, 0.6) is 0 Å². The fourth-order valence-corrected chi connectivity index (χ4v) is 2.64. The number of nitro benzene ring substituents is 1. The van der Waals surface area contributed by atoms with Gasteiger partial charge in [0.05, 0.1) is 16.2 Å². The summed E-state index contributed by atoms with van der Waals surface area (Å²) in [6.45, 7) is 4.48. The predicted octanol–water partition coefficient (Wildman–Crippen LogP) is 3.22. The van der Waals surface area contributed by atoms with Gasteiger partial charge in [0.2, 0.25) is 0 Å². The SMILES string of the molecule is CC(=O)c1cc(-c2ccccc2[N+](=O)[O-])n(C(C)C(=O)O)c1C. The topological polar surface area (TPSA) is 102 Å². The van der Waals surface area contributed by atoms with Gasteiger partial charge in [-0.05, 0) is 32.9 Å². The molecule has 0 fully saturated rings. The standard InChI is InChI=1S/C16H16N2O5/c1-9-13(11(3)19)8-15(17(9)10(2)16(20)21)12-6-4-5-7-14(12)18(22)23/h4-8,10H,1-3H3,(H,20,21). The van der Waals surface area contributed by atoms with E-state index in [1.54, 1.807) is 19.1 Å². The highest BCUT2D eigenvalue weighted by molar-refractivity contribution is 5.97. The van der Waals surface area contributed by atoms with Crippen LogP contribution in [0.3, 0.4) is 0 Å². The molecule has 7 heteroatoms. The molecular formula is C16H16N2O5. The van der Waals surface area contributed by atoms with E-state index in [9.17, 15) is 24.8 Å². The number of hydrogen-bond acceptors (Lipinski definition) is 4. The zero-order valence-corrected chi connectivity index (χ0v) is 12.9. The number of nitro groups is 1. The largest absolute Gasteiger partial charge is 0.480 e. The lowest BCUT2D eigenvalue weighted by Gasteiger charge is -2.16. The number of carbonyl (C=O) groups is 2. The van der Waals surface area contributed by atoms with Gasteiger partial charge in [-0.15, -0.1) is 0 Å². The van der Waals surface area contributed by atoms with Gasteiger partial charge in [-0.1, -0.05) is 12.1 Å². The summed E-state index contributed by atoms with van der Waals surface area (Å²) >= 11 is 0. The normalized spacial score (nSPS) is 12.0. The predicted molar refractivity (Wildman–Crippen MR) is 83.6 cm³/mol. The van der Waals surface area contributed by atoms with Crippen LogP contribution in [0.2, 0.25) is 0 Å². The Morgan fingerprint density at radius 3 is 2.43 bits per heavy atom. The van der Waals surface area contributed by atoms with Gasteiger partial charge in [-0.2, -0.15) is 0 Å². The molecule has 1 atom stereocenters. The number of aliphatic carboxylic acids is 1. The quantitative estimate of drug-likeness (QED) is 0.518. The molecule has 1 unspecified atom stereocenters. The van der Waals surface area contributed by atoms with Crippen molar-refractivity contribution in [3.8, 4) is 11.3 Å². The van der Waals surface area contributed by atoms with Crippen LogP contribution in [-0.2, 0) is 4.79 Å². The molecular weight excluding hydrogens is 300 g/mol. The van der Waals surface area contributed by atoms with Crippen molar-refractivity contribution in [1.29, 1.82) is 0 Å². The number of carbonyl (C=O) groups excluding carboxylic acids is 1. The Kier molecular flexibility index (Phi) is 4.31. The third kappa shape index (κ3) is 2.85. The number of Topliss-reactive ketones (excluding diaryl/α,β-unsaturated/α-hetero) is 1. The maximum absolute atomic E-state index is 11.8. The average Bonchev–Trinajstić information content (AvgIpc) is 2.83. The van der Waals surface area contributed by atoms with E-state index in [1.807, 2.05) is 0 Å². The van der Waals surface area contributed by atoms with E-state index in [0.29, 0.717) is 17.0 Å². The first-order valence-corrected chi connectivity index (χ1v) is 6.95. The maximum atomic E-state index is 11.8. The Morgan fingerprint density at radius 2 is 1.91 bits per heavy atom. The molecule has 1 N–H and O–H groups in total. The summed E-state index contributed by atoms with van der Waals surface area (Å²) in [5, 5.41) is 20.6. The number of carboxylic acid groups (broad SMARTS) is 1. The van der Waals surface area contributed by atoms with Gasteiger partial charge in [0, 0.05) is 17.3 Å². The number of carboxylic acids is 1. The van der Waals surface area contributed by atoms with Crippen LogP contribution >= 0.6 is 0 Å². The van der Waals surface area contributed by atoms with E-state index >= 15 is 0 Å². The molecule has 0 aliphatic carbocycles. The minimum atomic E-state index is -1.08. The molecule has 1 heterocycles. The number of ketones is 1. The Labute approximate surface area is 132 Å². The molecule has 0 radical (unpaired) electrons. The van der Waals surface area contributed by atoms with Crippen molar-refractivity contribution in [2.24, 2.45) is 0 Å². The fourth-order valence-electron chi connectivity index (χ4n) is 2.64. The van der Waals surface area contributed by atoms with Gasteiger partial charge in [-0.3, -0.25) is 14.9 Å². The van der Waals surface area contributed by atoms with Crippen molar-refractivity contribution in [1.82, 2.24) is 4.57 Å². The average molecular weight is 316 g/mol. The van der Waals surface area contributed by atoms with E-state index in [1.165, 1.54) is 36.6 Å². The van der Waals surface area contributed by atoms with Gasteiger partial charge >= 0.3 is 5.97 Å². The van der Waals surface area contributed by atoms with Crippen LogP contribution in [0.1, 0.15) is 35.9 Å². The van der Waals surface area contributed by atoms with E-state index in [0.717, 1.165) is 0 Å².